The first-order valence-corrected chi connectivity index (χ1v) is 12.3. The molecule has 3 aromatic rings. The lowest BCUT2D eigenvalue weighted by molar-refractivity contribution is -0.129. The van der Waals surface area contributed by atoms with Crippen LogP contribution >= 0.6 is 50.1 Å². The van der Waals surface area contributed by atoms with Gasteiger partial charge in [-0.1, -0.05) is 45.7 Å². The quantitative estimate of drug-likeness (QED) is 0.159. The van der Waals surface area contributed by atoms with Crippen molar-refractivity contribution in [2.75, 3.05) is 6.61 Å². The smallest absolute Gasteiger partial charge is 0.363 e. The van der Waals surface area contributed by atoms with Gasteiger partial charge < -0.3 is 14.2 Å². The summed E-state index contributed by atoms with van der Waals surface area (Å²) in [4.78, 5) is 16.8. The van der Waals surface area contributed by atoms with Gasteiger partial charge in [0.2, 0.25) is 5.90 Å². The summed E-state index contributed by atoms with van der Waals surface area (Å²) in [5, 5.41) is 0.678. The maximum atomic E-state index is 12.4. The van der Waals surface area contributed by atoms with Crippen molar-refractivity contribution in [2.24, 2.45) is 4.99 Å². The third kappa shape index (κ3) is 5.96. The molecule has 8 heteroatoms. The van der Waals surface area contributed by atoms with Crippen LogP contribution in [0.2, 0.25) is 5.02 Å². The maximum Gasteiger partial charge on any atom is 0.363 e. The van der Waals surface area contributed by atoms with E-state index < -0.39 is 5.97 Å². The zero-order chi connectivity index (χ0) is 23.4. The van der Waals surface area contributed by atoms with Crippen LogP contribution < -0.4 is 9.47 Å². The van der Waals surface area contributed by atoms with Gasteiger partial charge in [0.05, 0.1) is 10.2 Å². The van der Waals surface area contributed by atoms with Crippen LogP contribution in [0.3, 0.4) is 0 Å². The Kier molecular flexibility index (Phi) is 7.72. The molecule has 0 atom stereocenters. The van der Waals surface area contributed by atoms with Gasteiger partial charge in [0, 0.05) is 15.1 Å². The van der Waals surface area contributed by atoms with E-state index in [0.29, 0.717) is 29.7 Å². The fourth-order valence-corrected chi connectivity index (χ4v) is 4.43. The van der Waals surface area contributed by atoms with E-state index in [-0.39, 0.29) is 11.6 Å². The van der Waals surface area contributed by atoms with Crippen LogP contribution in [0.25, 0.3) is 6.08 Å². The first-order valence-electron chi connectivity index (χ1n) is 10.0. The van der Waals surface area contributed by atoms with Crippen LogP contribution in [0.4, 0.5) is 0 Å². The molecule has 0 aliphatic carbocycles. The highest BCUT2D eigenvalue weighted by Crippen LogP contribution is 2.36. The van der Waals surface area contributed by atoms with Gasteiger partial charge in [-0.15, -0.1) is 0 Å². The molecule has 0 aromatic heterocycles. The maximum absolute atomic E-state index is 12.4. The molecule has 0 amide bonds. The van der Waals surface area contributed by atoms with Gasteiger partial charge in [-0.2, -0.15) is 0 Å². The Morgan fingerprint density at radius 3 is 2.64 bits per heavy atom. The van der Waals surface area contributed by atoms with Crippen LogP contribution in [-0.4, -0.2) is 18.5 Å². The van der Waals surface area contributed by atoms with Crippen molar-refractivity contribution < 1.29 is 19.0 Å². The fraction of sp³-hybridized carbons (Fsp3) is 0.120. The Labute approximate surface area is 218 Å². The summed E-state index contributed by atoms with van der Waals surface area (Å²) >= 11 is 11.6. The van der Waals surface area contributed by atoms with Gasteiger partial charge in [-0.3, -0.25) is 0 Å². The molecule has 0 N–H and O–H groups in total. The van der Waals surface area contributed by atoms with E-state index >= 15 is 0 Å². The van der Waals surface area contributed by atoms with Crippen LogP contribution in [0, 0.1) is 3.57 Å². The Hall–Kier alpha value is -2.36. The van der Waals surface area contributed by atoms with Gasteiger partial charge in [-0.05, 0) is 89.2 Å². The summed E-state index contributed by atoms with van der Waals surface area (Å²) in [7, 11) is 0. The van der Waals surface area contributed by atoms with Crippen molar-refractivity contribution in [3.8, 4) is 11.5 Å². The summed E-state index contributed by atoms with van der Waals surface area (Å²) in [6.07, 6.45) is 1.68. The molecule has 4 rings (SSSR count). The molecule has 0 radical (unpaired) electrons. The number of esters is 1. The number of benzene rings is 3. The summed E-state index contributed by atoms with van der Waals surface area (Å²) in [6, 6.07) is 18.7. The molecular formula is C25H18BrClINO4. The highest BCUT2D eigenvalue weighted by atomic mass is 127. The van der Waals surface area contributed by atoms with E-state index in [1.54, 1.807) is 6.08 Å². The molecule has 1 aliphatic heterocycles. The van der Waals surface area contributed by atoms with Crippen molar-refractivity contribution in [3.05, 3.63) is 96.1 Å². The van der Waals surface area contributed by atoms with E-state index in [2.05, 4.69) is 43.5 Å². The van der Waals surface area contributed by atoms with Crippen LogP contribution in [0.5, 0.6) is 11.5 Å². The lowest BCUT2D eigenvalue weighted by atomic mass is 10.1. The number of carbonyl (C=O) groups is 1. The van der Waals surface area contributed by atoms with Gasteiger partial charge in [0.15, 0.2) is 17.2 Å². The number of carbonyl (C=O) groups excluding carboxylic acids is 1. The third-order valence-electron chi connectivity index (χ3n) is 4.62. The minimum absolute atomic E-state index is 0.220. The van der Waals surface area contributed by atoms with Crippen LogP contribution in [0.1, 0.15) is 23.6 Å². The zero-order valence-electron chi connectivity index (χ0n) is 17.5. The van der Waals surface area contributed by atoms with Crippen molar-refractivity contribution in [1.29, 1.82) is 0 Å². The van der Waals surface area contributed by atoms with E-state index in [0.717, 1.165) is 24.7 Å². The minimum Gasteiger partial charge on any atom is -0.490 e. The normalized spacial score (nSPS) is 14.2. The number of nitrogens with zero attached hydrogens (tertiary/aromatic N) is 1. The molecule has 0 fully saturated rings. The van der Waals surface area contributed by atoms with Gasteiger partial charge in [-0.25, -0.2) is 9.79 Å². The second-order valence-corrected chi connectivity index (χ2v) is 9.54. The van der Waals surface area contributed by atoms with Gasteiger partial charge in [0.25, 0.3) is 0 Å². The molecule has 5 nitrogen and oxygen atoms in total. The van der Waals surface area contributed by atoms with E-state index in [9.17, 15) is 4.79 Å². The monoisotopic (exact) mass is 637 g/mol. The first kappa shape index (κ1) is 23.8. The molecule has 1 aliphatic rings. The topological polar surface area (TPSA) is 57.1 Å². The second kappa shape index (κ2) is 10.7. The largest absolute Gasteiger partial charge is 0.490 e. The van der Waals surface area contributed by atoms with E-state index in [1.807, 2.05) is 67.6 Å². The van der Waals surface area contributed by atoms with E-state index in [4.69, 9.17) is 25.8 Å². The average molecular weight is 639 g/mol. The lowest BCUT2D eigenvalue weighted by Crippen LogP contribution is -2.05. The summed E-state index contributed by atoms with van der Waals surface area (Å²) in [5.41, 5.74) is 2.69. The van der Waals surface area contributed by atoms with Gasteiger partial charge in [0.1, 0.15) is 6.61 Å². The number of cyclic esters (lactones) is 1. The number of hydrogen-bond donors (Lipinski definition) is 0. The highest BCUT2D eigenvalue weighted by molar-refractivity contribution is 14.1. The van der Waals surface area contributed by atoms with Gasteiger partial charge >= 0.3 is 5.97 Å². The van der Waals surface area contributed by atoms with Crippen molar-refractivity contribution in [2.45, 2.75) is 13.5 Å². The Bertz CT molecular complexity index is 1260. The summed E-state index contributed by atoms with van der Waals surface area (Å²) in [5.74, 6) is 1.01. The van der Waals surface area contributed by atoms with Crippen molar-refractivity contribution in [3.63, 3.8) is 0 Å². The summed E-state index contributed by atoms with van der Waals surface area (Å²) < 4.78 is 19.0. The second-order valence-electron chi connectivity index (χ2n) is 7.02. The van der Waals surface area contributed by atoms with Crippen molar-refractivity contribution in [1.82, 2.24) is 0 Å². The fourth-order valence-electron chi connectivity index (χ4n) is 3.12. The third-order valence-corrected chi connectivity index (χ3v) is 6.17. The SMILES string of the molecule is CCOc1cc(/C=C2\N=C(c3cccc(Br)c3)OC2=O)cc(I)c1OCc1ccc(Cl)cc1. The lowest BCUT2D eigenvalue weighted by Gasteiger charge is -2.15. The van der Waals surface area contributed by atoms with Crippen LogP contribution in [-0.2, 0) is 16.1 Å². The summed E-state index contributed by atoms with van der Waals surface area (Å²) in [6.45, 7) is 2.75. The Balaban J connectivity index is 1.61. The molecule has 0 saturated heterocycles. The molecule has 168 valence electrons. The molecule has 0 unspecified atom stereocenters. The minimum atomic E-state index is -0.499. The molecule has 1 heterocycles. The molecule has 0 spiro atoms. The number of rotatable bonds is 7. The molecule has 0 bridgehead atoms. The Morgan fingerprint density at radius 1 is 1.12 bits per heavy atom. The standard InChI is InChI=1S/C25H18BrClINO4/c1-2-31-22-12-16(10-20(28)23(22)32-14-15-6-8-19(27)9-7-15)11-21-25(30)33-24(29-21)17-4-3-5-18(26)13-17/h3-13H,2,14H2,1H3/b21-11-. The average Bonchev–Trinajstić information content (AvgIpc) is 3.15. The highest BCUT2D eigenvalue weighted by Gasteiger charge is 2.24. The zero-order valence-corrected chi connectivity index (χ0v) is 22.0. The number of aliphatic imine (C=N–C) groups is 1. The molecule has 3 aromatic carbocycles. The molecule has 33 heavy (non-hydrogen) atoms. The van der Waals surface area contributed by atoms with Crippen molar-refractivity contribution >= 4 is 68.1 Å². The number of halogens is 3. The predicted octanol–water partition coefficient (Wildman–Crippen LogP) is 7.03. The number of ether oxygens (including phenoxy) is 3. The van der Waals surface area contributed by atoms with Crippen LogP contribution in [0.15, 0.2) is 75.8 Å². The molecule has 0 saturated carbocycles. The van der Waals surface area contributed by atoms with E-state index in [1.165, 1.54) is 0 Å². The number of hydrogen-bond acceptors (Lipinski definition) is 5. The Morgan fingerprint density at radius 2 is 1.91 bits per heavy atom. The predicted molar refractivity (Wildman–Crippen MR) is 141 cm³/mol. The molecular weight excluding hydrogens is 621 g/mol. The first-order chi connectivity index (χ1) is 15.9.